The van der Waals surface area contributed by atoms with Crippen LogP contribution >= 0.6 is 0 Å². The molecule has 26 heavy (non-hydrogen) atoms. The molecular weight excluding hydrogens is 338 g/mol. The molecule has 0 heterocycles. The summed E-state index contributed by atoms with van der Waals surface area (Å²) in [5.41, 5.74) is 6.08. The number of allylic oxidation sites excluding steroid dienone is 1. The number of carbonyl (C=O) groups is 2. The third kappa shape index (κ3) is 4.54. The smallest absolute Gasteiger partial charge is 0.409 e. The van der Waals surface area contributed by atoms with Gasteiger partial charge in [-0.25, -0.2) is 4.79 Å². The molecule has 0 aromatic heterocycles. The standard InChI is InChI=1S/C19H19NO6/c1-23-16-10-12(11-17(24-2)18(16)25-3)4-9-15(21)13-5-7-14(8-6-13)26-19(20)22/h4-11H,1-3H3,(H2,20,22). The Morgan fingerprint density at radius 3 is 1.96 bits per heavy atom. The van der Waals surface area contributed by atoms with Crippen LogP contribution in [0.25, 0.3) is 6.08 Å². The first-order valence-electron chi connectivity index (χ1n) is 7.58. The number of ketones is 1. The van der Waals surface area contributed by atoms with Crippen molar-refractivity contribution in [2.24, 2.45) is 5.73 Å². The van der Waals surface area contributed by atoms with Crippen LogP contribution in [0.5, 0.6) is 23.0 Å². The maximum absolute atomic E-state index is 12.3. The van der Waals surface area contributed by atoms with Crippen LogP contribution in [0.3, 0.4) is 0 Å². The number of amides is 1. The molecule has 0 radical (unpaired) electrons. The van der Waals surface area contributed by atoms with Crippen LogP contribution in [-0.4, -0.2) is 33.2 Å². The Morgan fingerprint density at radius 1 is 0.923 bits per heavy atom. The van der Waals surface area contributed by atoms with Gasteiger partial charge in [0, 0.05) is 5.56 Å². The van der Waals surface area contributed by atoms with Crippen molar-refractivity contribution in [1.82, 2.24) is 0 Å². The summed E-state index contributed by atoms with van der Waals surface area (Å²) in [6.45, 7) is 0. The number of carbonyl (C=O) groups excluding carboxylic acids is 2. The van der Waals surface area contributed by atoms with Gasteiger partial charge in [0.1, 0.15) is 5.75 Å². The van der Waals surface area contributed by atoms with Gasteiger partial charge in [-0.05, 0) is 48.0 Å². The number of methoxy groups -OCH3 is 3. The van der Waals surface area contributed by atoms with Crippen LogP contribution in [0.15, 0.2) is 42.5 Å². The van der Waals surface area contributed by atoms with Crippen LogP contribution < -0.4 is 24.7 Å². The third-order valence-electron chi connectivity index (χ3n) is 3.47. The molecular formula is C19H19NO6. The zero-order valence-electron chi connectivity index (χ0n) is 14.6. The van der Waals surface area contributed by atoms with E-state index in [1.807, 2.05) is 0 Å². The van der Waals surface area contributed by atoms with Gasteiger partial charge in [0.2, 0.25) is 5.75 Å². The summed E-state index contributed by atoms with van der Waals surface area (Å²) < 4.78 is 20.5. The molecule has 0 atom stereocenters. The first kappa shape index (κ1) is 18.9. The summed E-state index contributed by atoms with van der Waals surface area (Å²) in [7, 11) is 4.56. The number of primary amides is 1. The number of benzene rings is 2. The second kappa shape index (κ2) is 8.57. The summed E-state index contributed by atoms with van der Waals surface area (Å²) >= 11 is 0. The molecule has 0 aliphatic carbocycles. The number of hydrogen-bond donors (Lipinski definition) is 1. The van der Waals surface area contributed by atoms with E-state index in [4.69, 9.17) is 24.7 Å². The maximum atomic E-state index is 12.3. The minimum Gasteiger partial charge on any atom is -0.493 e. The van der Waals surface area contributed by atoms with Crippen LogP contribution in [-0.2, 0) is 0 Å². The van der Waals surface area contributed by atoms with Crippen LogP contribution in [0, 0.1) is 0 Å². The molecule has 0 unspecified atom stereocenters. The van der Waals surface area contributed by atoms with E-state index >= 15 is 0 Å². The van der Waals surface area contributed by atoms with E-state index in [2.05, 4.69) is 0 Å². The van der Waals surface area contributed by atoms with E-state index in [-0.39, 0.29) is 11.5 Å². The van der Waals surface area contributed by atoms with Gasteiger partial charge in [-0.3, -0.25) is 4.79 Å². The number of rotatable bonds is 7. The minimum atomic E-state index is -0.911. The van der Waals surface area contributed by atoms with Gasteiger partial charge in [0.05, 0.1) is 21.3 Å². The molecule has 2 rings (SSSR count). The van der Waals surface area contributed by atoms with Gasteiger partial charge in [-0.1, -0.05) is 6.08 Å². The lowest BCUT2D eigenvalue weighted by Crippen LogP contribution is -2.16. The predicted octanol–water partition coefficient (Wildman–Crippen LogP) is 3.07. The van der Waals surface area contributed by atoms with Gasteiger partial charge in [-0.15, -0.1) is 0 Å². The van der Waals surface area contributed by atoms with E-state index in [1.165, 1.54) is 39.5 Å². The SMILES string of the molecule is COc1cc(C=CC(=O)c2ccc(OC(N)=O)cc2)cc(OC)c1OC. The Labute approximate surface area is 150 Å². The molecule has 0 spiro atoms. The highest BCUT2D eigenvalue weighted by Crippen LogP contribution is 2.38. The molecule has 2 aromatic rings. The molecule has 1 amide bonds. The van der Waals surface area contributed by atoms with Crippen molar-refractivity contribution in [2.45, 2.75) is 0 Å². The average Bonchev–Trinajstić information content (AvgIpc) is 2.65. The van der Waals surface area contributed by atoms with Gasteiger partial charge in [-0.2, -0.15) is 0 Å². The Kier molecular flexibility index (Phi) is 6.21. The lowest BCUT2D eigenvalue weighted by molar-refractivity contribution is 0.104. The van der Waals surface area contributed by atoms with Gasteiger partial charge < -0.3 is 24.7 Å². The van der Waals surface area contributed by atoms with Gasteiger partial charge in [0.25, 0.3) is 0 Å². The number of nitrogens with two attached hydrogens (primary N) is 1. The molecule has 0 aliphatic heterocycles. The molecule has 7 heteroatoms. The summed E-state index contributed by atoms with van der Waals surface area (Å²) in [5, 5.41) is 0. The zero-order valence-corrected chi connectivity index (χ0v) is 14.6. The fourth-order valence-electron chi connectivity index (χ4n) is 2.27. The topological polar surface area (TPSA) is 97.1 Å². The fourth-order valence-corrected chi connectivity index (χ4v) is 2.27. The molecule has 0 bridgehead atoms. The molecule has 0 fully saturated rings. The van der Waals surface area contributed by atoms with Gasteiger partial charge in [0.15, 0.2) is 17.3 Å². The zero-order chi connectivity index (χ0) is 19.1. The lowest BCUT2D eigenvalue weighted by Gasteiger charge is -2.12. The van der Waals surface area contributed by atoms with E-state index in [1.54, 1.807) is 30.3 Å². The molecule has 2 aromatic carbocycles. The second-order valence-corrected chi connectivity index (χ2v) is 5.10. The Morgan fingerprint density at radius 2 is 1.50 bits per heavy atom. The Bertz CT molecular complexity index is 801. The van der Waals surface area contributed by atoms with Crippen LogP contribution in [0.4, 0.5) is 4.79 Å². The molecule has 0 saturated heterocycles. The maximum Gasteiger partial charge on any atom is 0.409 e. The quantitative estimate of drug-likeness (QED) is 0.604. The summed E-state index contributed by atoms with van der Waals surface area (Å²) in [6.07, 6.45) is 2.15. The van der Waals surface area contributed by atoms with Crippen molar-refractivity contribution in [3.05, 3.63) is 53.6 Å². The minimum absolute atomic E-state index is 0.218. The largest absolute Gasteiger partial charge is 0.493 e. The van der Waals surface area contributed by atoms with Crippen molar-refractivity contribution in [3.63, 3.8) is 0 Å². The first-order chi connectivity index (χ1) is 12.5. The molecule has 136 valence electrons. The van der Waals surface area contributed by atoms with Crippen LogP contribution in [0.2, 0.25) is 0 Å². The van der Waals surface area contributed by atoms with Crippen molar-refractivity contribution in [1.29, 1.82) is 0 Å². The Hall–Kier alpha value is -3.48. The predicted molar refractivity (Wildman–Crippen MR) is 96.1 cm³/mol. The van der Waals surface area contributed by atoms with E-state index < -0.39 is 6.09 Å². The molecule has 2 N–H and O–H groups in total. The molecule has 7 nitrogen and oxygen atoms in total. The van der Waals surface area contributed by atoms with Crippen molar-refractivity contribution in [2.75, 3.05) is 21.3 Å². The third-order valence-corrected chi connectivity index (χ3v) is 3.47. The summed E-state index contributed by atoms with van der Waals surface area (Å²) in [6, 6.07) is 9.53. The van der Waals surface area contributed by atoms with E-state index in [9.17, 15) is 9.59 Å². The second-order valence-electron chi connectivity index (χ2n) is 5.10. The molecule has 0 saturated carbocycles. The van der Waals surface area contributed by atoms with Crippen molar-refractivity contribution in [3.8, 4) is 23.0 Å². The number of hydrogen-bond acceptors (Lipinski definition) is 6. The summed E-state index contributed by atoms with van der Waals surface area (Å²) in [4.78, 5) is 23.0. The lowest BCUT2D eigenvalue weighted by atomic mass is 10.1. The highest BCUT2D eigenvalue weighted by Gasteiger charge is 2.12. The van der Waals surface area contributed by atoms with Crippen LogP contribution in [0.1, 0.15) is 15.9 Å². The van der Waals surface area contributed by atoms with Gasteiger partial charge >= 0.3 is 6.09 Å². The summed E-state index contributed by atoms with van der Waals surface area (Å²) in [5.74, 6) is 1.51. The molecule has 0 aliphatic rings. The van der Waals surface area contributed by atoms with E-state index in [0.29, 0.717) is 28.4 Å². The van der Waals surface area contributed by atoms with Crippen molar-refractivity contribution >= 4 is 18.0 Å². The highest BCUT2D eigenvalue weighted by molar-refractivity contribution is 6.06. The highest BCUT2D eigenvalue weighted by atomic mass is 16.5. The fraction of sp³-hybridized carbons (Fsp3) is 0.158. The normalized spacial score (nSPS) is 10.4. The monoisotopic (exact) mass is 357 g/mol. The van der Waals surface area contributed by atoms with E-state index in [0.717, 1.165) is 0 Å². The average molecular weight is 357 g/mol. The number of ether oxygens (including phenoxy) is 4. The Balaban J connectivity index is 2.20. The first-order valence-corrected chi connectivity index (χ1v) is 7.58. The van der Waals surface area contributed by atoms with Crippen molar-refractivity contribution < 1.29 is 28.5 Å².